The van der Waals surface area contributed by atoms with Crippen molar-refractivity contribution in [3.05, 3.63) is 46.1 Å². The van der Waals surface area contributed by atoms with E-state index in [0.717, 1.165) is 85.3 Å². The van der Waals surface area contributed by atoms with Crippen LogP contribution in [0.25, 0.3) is 0 Å². The molecule has 0 amide bonds. The molecule has 0 aromatic carbocycles. The number of hydrogen-bond donors (Lipinski definition) is 6. The minimum absolute atomic E-state index is 0.103. The minimum atomic E-state index is -1.33. The number of ether oxygens (including phenoxy) is 4. The molecule has 13 rings (SSSR count). The highest BCUT2D eigenvalue weighted by Crippen LogP contribution is 2.73. The predicted octanol–water partition coefficient (Wildman–Crippen LogP) is 5.44. The summed E-state index contributed by atoms with van der Waals surface area (Å²) >= 11 is 0. The Morgan fingerprint density at radius 1 is 0.545 bits per heavy atom. The van der Waals surface area contributed by atoms with Gasteiger partial charge in [0.05, 0.1) is 59.4 Å². The Kier molecular flexibility index (Phi) is 8.80. The van der Waals surface area contributed by atoms with Crippen LogP contribution in [0.2, 0.25) is 0 Å². The Labute approximate surface area is 390 Å². The van der Waals surface area contributed by atoms with Crippen molar-refractivity contribution in [1.82, 2.24) is 9.97 Å². The van der Waals surface area contributed by atoms with Crippen LogP contribution in [0.5, 0.6) is 0 Å². The van der Waals surface area contributed by atoms with Gasteiger partial charge in [0.25, 0.3) is 0 Å². The van der Waals surface area contributed by atoms with Crippen LogP contribution in [-0.4, -0.2) is 112 Å². The van der Waals surface area contributed by atoms with Crippen LogP contribution in [0.1, 0.15) is 142 Å². The van der Waals surface area contributed by atoms with E-state index in [0.29, 0.717) is 50.4 Å². The lowest BCUT2D eigenvalue weighted by molar-refractivity contribution is -0.289. The van der Waals surface area contributed by atoms with Crippen molar-refractivity contribution in [1.29, 1.82) is 0 Å². The van der Waals surface area contributed by atoms with Gasteiger partial charge in [0, 0.05) is 35.5 Å². The molecule has 362 valence electrons. The first-order valence-corrected chi connectivity index (χ1v) is 26.1. The predicted molar refractivity (Wildman–Crippen MR) is 241 cm³/mol. The topological polar surface area (TPSA) is 184 Å². The zero-order valence-corrected chi connectivity index (χ0v) is 40.6. The highest BCUT2D eigenvalue weighted by Gasteiger charge is 2.78. The first-order valence-electron chi connectivity index (χ1n) is 26.1. The summed E-state index contributed by atoms with van der Waals surface area (Å²) in [4.78, 5) is 11.2. The van der Waals surface area contributed by atoms with E-state index < -0.39 is 81.1 Å². The van der Waals surface area contributed by atoms with Crippen LogP contribution < -0.4 is 0 Å². The molecule has 0 bridgehead atoms. The van der Waals surface area contributed by atoms with Crippen molar-refractivity contribution in [2.75, 3.05) is 13.2 Å². The summed E-state index contributed by atoms with van der Waals surface area (Å²) in [5, 5.41) is 72.2. The van der Waals surface area contributed by atoms with Gasteiger partial charge in [-0.15, -0.1) is 0 Å². The monoisotopic (exact) mass is 913 g/mol. The molecule has 1 aromatic heterocycles. The molecule has 12 heteroatoms. The van der Waals surface area contributed by atoms with Gasteiger partial charge in [0.15, 0.2) is 11.6 Å². The third-order valence-electron chi connectivity index (χ3n) is 23.4. The maximum absolute atomic E-state index is 12.9. The van der Waals surface area contributed by atoms with Crippen molar-refractivity contribution < 1.29 is 49.6 Å². The Morgan fingerprint density at radius 3 is 1.32 bits per heavy atom. The molecule has 12 nitrogen and oxygen atoms in total. The second-order valence-electron chi connectivity index (χ2n) is 26.3. The van der Waals surface area contributed by atoms with Crippen LogP contribution in [0, 0.1) is 69.0 Å². The molecule has 66 heavy (non-hydrogen) atoms. The third kappa shape index (κ3) is 5.07. The van der Waals surface area contributed by atoms with Gasteiger partial charge in [0.1, 0.15) is 23.4 Å². The SMILES string of the molecule is C[C@@H]1[C@@]2(CC[C@](C)(O)CO2)O[C@H]2C=C3[C@@H]4CC[C@H]5Cc6nc7c(nc6C[C@]5(C)[C@H]4C[C@@H](O)[C@]3(C)[C@]21O)C[C@@]1(C)[C@@H](CC[C@H]2C3=C[C@@H]4O[C@]5(CC[C@](C)(O)CO5)[C@@H](C)[C@]4(O)[C@@]3(C)[C@H](O)C[C@@H]21)C7. The van der Waals surface area contributed by atoms with Gasteiger partial charge in [0.2, 0.25) is 0 Å². The molecular formula is C54H76N2O10. The summed E-state index contributed by atoms with van der Waals surface area (Å²) in [5.74, 6) is -1.03. The number of aliphatic hydroxyl groups is 6. The van der Waals surface area contributed by atoms with Gasteiger partial charge in [-0.25, -0.2) is 0 Å². The molecule has 12 aliphatic rings. The van der Waals surface area contributed by atoms with Crippen molar-refractivity contribution >= 4 is 0 Å². The fourth-order valence-corrected chi connectivity index (χ4v) is 19.0. The number of aliphatic hydroxyl groups excluding tert-OH is 2. The van der Waals surface area contributed by atoms with E-state index in [-0.39, 0.29) is 47.7 Å². The number of rotatable bonds is 0. The highest BCUT2D eigenvalue weighted by atomic mass is 16.7. The number of nitrogens with zero attached hydrogens (tertiary/aromatic N) is 2. The molecule has 5 heterocycles. The molecule has 8 aliphatic carbocycles. The molecule has 4 saturated carbocycles. The molecular weight excluding hydrogens is 837 g/mol. The Bertz CT molecular complexity index is 2170. The van der Waals surface area contributed by atoms with Gasteiger partial charge in [-0.3, -0.25) is 9.97 Å². The second-order valence-corrected chi connectivity index (χ2v) is 26.3. The Morgan fingerprint density at radius 2 is 0.939 bits per heavy atom. The summed E-state index contributed by atoms with van der Waals surface area (Å²) in [6.07, 6.45) is 12.5. The van der Waals surface area contributed by atoms with Crippen LogP contribution in [0.4, 0.5) is 0 Å². The van der Waals surface area contributed by atoms with E-state index in [1.165, 1.54) is 0 Å². The molecule has 22 atom stereocenters. The lowest BCUT2D eigenvalue weighted by Crippen LogP contribution is -2.65. The third-order valence-corrected chi connectivity index (χ3v) is 23.4. The lowest BCUT2D eigenvalue weighted by atomic mass is 9.44. The molecule has 0 radical (unpaired) electrons. The van der Waals surface area contributed by atoms with Crippen LogP contribution in [-0.2, 0) is 44.6 Å². The normalized spacial score (nSPS) is 59.5. The number of hydrogen-bond acceptors (Lipinski definition) is 12. The average Bonchev–Trinajstić information content (AvgIpc) is 3.81. The smallest absolute Gasteiger partial charge is 0.174 e. The quantitative estimate of drug-likeness (QED) is 0.182. The summed E-state index contributed by atoms with van der Waals surface area (Å²) in [6, 6.07) is 0. The van der Waals surface area contributed by atoms with Gasteiger partial charge < -0.3 is 49.6 Å². The number of fused-ring (bicyclic) bond motifs is 16. The van der Waals surface area contributed by atoms with Gasteiger partial charge in [-0.1, -0.05) is 64.8 Å². The molecule has 8 fully saturated rings. The van der Waals surface area contributed by atoms with Gasteiger partial charge in [-0.2, -0.15) is 0 Å². The van der Waals surface area contributed by atoms with E-state index >= 15 is 0 Å². The fraction of sp³-hybridized carbons (Fsp3) is 0.852. The van der Waals surface area contributed by atoms with Crippen LogP contribution in [0.3, 0.4) is 0 Å². The molecule has 1 aromatic rings. The first-order chi connectivity index (χ1) is 30.9. The Balaban J connectivity index is 0.776. The Hall–Kier alpha value is -1.84. The van der Waals surface area contributed by atoms with Crippen LogP contribution in [0.15, 0.2) is 23.3 Å². The van der Waals surface area contributed by atoms with Crippen molar-refractivity contribution in [3.63, 3.8) is 0 Å². The maximum Gasteiger partial charge on any atom is 0.174 e. The molecule has 4 aliphatic heterocycles. The second kappa shape index (κ2) is 13.2. The van der Waals surface area contributed by atoms with Crippen molar-refractivity contribution in [2.45, 2.75) is 204 Å². The average molecular weight is 913 g/mol. The van der Waals surface area contributed by atoms with Crippen LogP contribution >= 0.6 is 0 Å². The van der Waals surface area contributed by atoms with E-state index in [9.17, 15) is 30.6 Å². The minimum Gasteiger partial charge on any atom is -0.392 e. The van der Waals surface area contributed by atoms with E-state index in [4.69, 9.17) is 28.9 Å². The standard InChI is InChI=1S/C54H76N2O10/c1-27-51(15-13-45(3,59)25-63-51)65-43-21-35-31-11-9-29-17-37-39(23-47(29,5)33(31)19-41(57)49(35,7)53(27,43)61)56-40-24-48(6)30(18-38(40)55-37)10-12-32-34(48)20-42(58)50(8)36(32)22-44-54(50,62)28(2)52(66-44)16-14-46(4,60)26-64-52/h21-22,27-34,41-44,57-62H,9-20,23-26H2,1-8H3/t27-,28-,29+,30+,31-,32-,33+,34+,41-,42-,43+,44+,45+,46+,47+,48+,49-,50-,51-,52-,53-,54-/m1/s1. The van der Waals surface area contributed by atoms with E-state index in [2.05, 4.69) is 39.8 Å². The molecule has 0 unspecified atom stereocenters. The van der Waals surface area contributed by atoms with E-state index in [1.807, 2.05) is 13.8 Å². The summed E-state index contributed by atoms with van der Waals surface area (Å²) in [7, 11) is 0. The molecule has 2 spiro atoms. The fourth-order valence-electron chi connectivity index (χ4n) is 19.0. The van der Waals surface area contributed by atoms with E-state index in [1.54, 1.807) is 13.8 Å². The summed E-state index contributed by atoms with van der Waals surface area (Å²) < 4.78 is 26.2. The number of aromatic nitrogens is 2. The van der Waals surface area contributed by atoms with Crippen molar-refractivity contribution in [3.8, 4) is 0 Å². The van der Waals surface area contributed by atoms with Crippen molar-refractivity contribution in [2.24, 2.45) is 69.0 Å². The van der Waals surface area contributed by atoms with Gasteiger partial charge in [-0.05, 0) is 137 Å². The lowest BCUT2D eigenvalue weighted by Gasteiger charge is -2.62. The largest absolute Gasteiger partial charge is 0.392 e. The van der Waals surface area contributed by atoms with Gasteiger partial charge >= 0.3 is 0 Å². The zero-order chi connectivity index (χ0) is 46.4. The highest BCUT2D eigenvalue weighted by molar-refractivity contribution is 5.45. The summed E-state index contributed by atoms with van der Waals surface area (Å²) in [5.41, 5.74) is 0.400. The zero-order valence-electron chi connectivity index (χ0n) is 40.6. The first kappa shape index (κ1) is 44.1. The summed E-state index contributed by atoms with van der Waals surface area (Å²) in [6.45, 7) is 17.0. The molecule has 4 saturated heterocycles. The molecule has 6 N–H and O–H groups in total. The maximum atomic E-state index is 12.9.